The highest BCUT2D eigenvalue weighted by Gasteiger charge is 2.41. The van der Waals surface area contributed by atoms with Gasteiger partial charge in [0.05, 0.1) is 6.61 Å². The van der Waals surface area contributed by atoms with Crippen molar-refractivity contribution in [2.75, 3.05) is 38.2 Å². The Balaban J connectivity index is 1.80. The lowest BCUT2D eigenvalue weighted by Gasteiger charge is -2.27. The van der Waals surface area contributed by atoms with E-state index >= 15 is 0 Å². The number of amides is 1. The van der Waals surface area contributed by atoms with Crippen molar-refractivity contribution >= 4 is 11.6 Å². The summed E-state index contributed by atoms with van der Waals surface area (Å²) >= 11 is 0. The molecule has 0 aliphatic heterocycles. The van der Waals surface area contributed by atoms with Gasteiger partial charge in [-0.2, -0.15) is 0 Å². The first kappa shape index (κ1) is 20.7. The first-order valence-corrected chi connectivity index (χ1v) is 10.0. The van der Waals surface area contributed by atoms with E-state index in [-0.39, 0.29) is 5.91 Å². The second kappa shape index (κ2) is 10.5. The van der Waals surface area contributed by atoms with E-state index in [1.54, 1.807) is 0 Å². The van der Waals surface area contributed by atoms with Crippen molar-refractivity contribution in [3.8, 4) is 5.75 Å². The van der Waals surface area contributed by atoms with Crippen molar-refractivity contribution in [3.63, 3.8) is 0 Å². The third-order valence-electron chi connectivity index (χ3n) is 5.14. The normalized spacial score (nSPS) is 16.0. The van der Waals surface area contributed by atoms with Crippen LogP contribution in [0.5, 0.6) is 5.75 Å². The van der Waals surface area contributed by atoms with Gasteiger partial charge in [-0.15, -0.1) is 0 Å². The molecule has 1 fully saturated rings. The van der Waals surface area contributed by atoms with E-state index in [0.717, 1.165) is 63.2 Å². The Hall–Kier alpha value is -1.59. The predicted octanol–water partition coefficient (Wildman–Crippen LogP) is 4.09. The molecular formula is C21H34N2O3. The number of carbonyl (C=O) groups is 1. The molecule has 1 saturated carbocycles. The van der Waals surface area contributed by atoms with Crippen LogP contribution >= 0.6 is 0 Å². The molecule has 1 aliphatic rings. The summed E-state index contributed by atoms with van der Waals surface area (Å²) in [5, 5.41) is 3.01. The second-order valence-corrected chi connectivity index (χ2v) is 6.84. The quantitative estimate of drug-likeness (QED) is 0.603. The SMILES string of the molecule is CCOC1(C(=O)Nc2ccc(OCCCN(CC)CC)cc2)CCCC1. The summed E-state index contributed by atoms with van der Waals surface area (Å²) in [6.45, 7) is 10.8. The molecule has 1 aromatic carbocycles. The molecule has 1 N–H and O–H groups in total. The van der Waals surface area contributed by atoms with Crippen LogP contribution in [0.1, 0.15) is 52.9 Å². The molecule has 0 unspecified atom stereocenters. The number of hydrogen-bond acceptors (Lipinski definition) is 4. The molecule has 0 atom stereocenters. The second-order valence-electron chi connectivity index (χ2n) is 6.84. The van der Waals surface area contributed by atoms with Crippen LogP contribution in [0.25, 0.3) is 0 Å². The molecule has 0 aromatic heterocycles. The highest BCUT2D eigenvalue weighted by Crippen LogP contribution is 2.34. The van der Waals surface area contributed by atoms with Gasteiger partial charge in [0.25, 0.3) is 5.91 Å². The van der Waals surface area contributed by atoms with Gasteiger partial charge in [0.2, 0.25) is 0 Å². The fraction of sp³-hybridized carbons (Fsp3) is 0.667. The lowest BCUT2D eigenvalue weighted by atomic mass is 10.0. The maximum atomic E-state index is 12.7. The maximum absolute atomic E-state index is 12.7. The lowest BCUT2D eigenvalue weighted by Crippen LogP contribution is -2.43. The number of hydrogen-bond donors (Lipinski definition) is 1. The fourth-order valence-electron chi connectivity index (χ4n) is 3.56. The van der Waals surface area contributed by atoms with Crippen molar-refractivity contribution < 1.29 is 14.3 Å². The average Bonchev–Trinajstić information content (AvgIpc) is 3.13. The third kappa shape index (κ3) is 5.71. The summed E-state index contributed by atoms with van der Waals surface area (Å²) in [5.74, 6) is 0.813. The first-order valence-electron chi connectivity index (χ1n) is 10.0. The standard InChI is InChI=1S/C21H34N2O3/c1-4-23(5-2)16-9-17-25-19-12-10-18(11-13-19)22-20(24)21(26-6-3)14-7-8-15-21/h10-13H,4-9,14-17H2,1-3H3,(H,22,24). The Kier molecular flexibility index (Phi) is 8.39. The van der Waals surface area contributed by atoms with Gasteiger partial charge >= 0.3 is 0 Å². The van der Waals surface area contributed by atoms with Crippen LogP contribution in [0.3, 0.4) is 0 Å². The number of nitrogens with zero attached hydrogens (tertiary/aromatic N) is 1. The van der Waals surface area contributed by atoms with Gasteiger partial charge in [0, 0.05) is 18.8 Å². The van der Waals surface area contributed by atoms with Crippen molar-refractivity contribution in [2.45, 2.75) is 58.5 Å². The molecule has 2 rings (SSSR count). The molecule has 146 valence electrons. The summed E-state index contributed by atoms with van der Waals surface area (Å²) in [7, 11) is 0. The van der Waals surface area contributed by atoms with Crippen LogP contribution in [-0.2, 0) is 9.53 Å². The molecule has 5 heteroatoms. The minimum absolute atomic E-state index is 0.0234. The van der Waals surface area contributed by atoms with Gasteiger partial charge in [0.1, 0.15) is 11.4 Å². The number of nitrogens with one attached hydrogen (secondary N) is 1. The van der Waals surface area contributed by atoms with E-state index in [1.807, 2.05) is 31.2 Å². The van der Waals surface area contributed by atoms with E-state index < -0.39 is 5.60 Å². The van der Waals surface area contributed by atoms with Crippen molar-refractivity contribution in [1.29, 1.82) is 0 Å². The zero-order valence-electron chi connectivity index (χ0n) is 16.6. The molecule has 1 aliphatic carbocycles. The number of benzene rings is 1. The highest BCUT2D eigenvalue weighted by molar-refractivity contribution is 5.97. The van der Waals surface area contributed by atoms with Crippen molar-refractivity contribution in [1.82, 2.24) is 4.90 Å². The molecule has 5 nitrogen and oxygen atoms in total. The number of anilines is 1. The van der Waals surface area contributed by atoms with Gasteiger partial charge in [-0.1, -0.05) is 13.8 Å². The highest BCUT2D eigenvalue weighted by atomic mass is 16.5. The molecular weight excluding hydrogens is 328 g/mol. The van der Waals surface area contributed by atoms with Crippen molar-refractivity contribution in [2.24, 2.45) is 0 Å². The van der Waals surface area contributed by atoms with E-state index in [1.165, 1.54) is 0 Å². The average molecular weight is 363 g/mol. The van der Waals surface area contributed by atoms with Crippen LogP contribution in [0.2, 0.25) is 0 Å². The molecule has 0 bridgehead atoms. The van der Waals surface area contributed by atoms with Gasteiger partial charge < -0.3 is 19.7 Å². The van der Waals surface area contributed by atoms with Gasteiger partial charge in [-0.3, -0.25) is 4.79 Å². The molecule has 0 saturated heterocycles. The Bertz CT molecular complexity index is 535. The van der Waals surface area contributed by atoms with Crippen LogP contribution in [0, 0.1) is 0 Å². The Morgan fingerprint density at radius 3 is 2.35 bits per heavy atom. The molecule has 0 spiro atoms. The molecule has 0 radical (unpaired) electrons. The summed E-state index contributed by atoms with van der Waals surface area (Å²) in [6.07, 6.45) is 4.72. The van der Waals surface area contributed by atoms with Gasteiger partial charge in [-0.05, 0) is 76.4 Å². The third-order valence-corrected chi connectivity index (χ3v) is 5.14. The zero-order chi connectivity index (χ0) is 18.8. The smallest absolute Gasteiger partial charge is 0.256 e. The largest absolute Gasteiger partial charge is 0.494 e. The van der Waals surface area contributed by atoms with E-state index in [9.17, 15) is 4.79 Å². The minimum Gasteiger partial charge on any atom is -0.494 e. The van der Waals surface area contributed by atoms with E-state index in [4.69, 9.17) is 9.47 Å². The minimum atomic E-state index is -0.644. The van der Waals surface area contributed by atoms with Crippen LogP contribution in [0.15, 0.2) is 24.3 Å². The molecule has 1 aromatic rings. The lowest BCUT2D eigenvalue weighted by molar-refractivity contribution is -0.140. The Labute approximate surface area is 158 Å². The molecule has 1 amide bonds. The molecule has 26 heavy (non-hydrogen) atoms. The van der Waals surface area contributed by atoms with E-state index in [2.05, 4.69) is 24.1 Å². The van der Waals surface area contributed by atoms with Crippen LogP contribution in [0.4, 0.5) is 5.69 Å². The Morgan fingerprint density at radius 2 is 1.77 bits per heavy atom. The topological polar surface area (TPSA) is 50.8 Å². The van der Waals surface area contributed by atoms with Crippen LogP contribution < -0.4 is 10.1 Å². The van der Waals surface area contributed by atoms with E-state index in [0.29, 0.717) is 13.2 Å². The monoisotopic (exact) mass is 362 g/mol. The summed E-state index contributed by atoms with van der Waals surface area (Å²) < 4.78 is 11.6. The summed E-state index contributed by atoms with van der Waals surface area (Å²) in [5.41, 5.74) is 0.144. The Morgan fingerprint density at radius 1 is 1.12 bits per heavy atom. The number of carbonyl (C=O) groups excluding carboxylic acids is 1. The zero-order valence-corrected chi connectivity index (χ0v) is 16.6. The molecule has 0 heterocycles. The first-order chi connectivity index (χ1) is 12.6. The predicted molar refractivity (Wildman–Crippen MR) is 106 cm³/mol. The maximum Gasteiger partial charge on any atom is 0.256 e. The number of ether oxygens (including phenoxy) is 2. The summed E-state index contributed by atoms with van der Waals surface area (Å²) in [4.78, 5) is 15.1. The number of rotatable bonds is 11. The van der Waals surface area contributed by atoms with Gasteiger partial charge in [-0.25, -0.2) is 0 Å². The van der Waals surface area contributed by atoms with Gasteiger partial charge in [0.15, 0.2) is 0 Å². The van der Waals surface area contributed by atoms with Crippen LogP contribution in [-0.4, -0.2) is 49.3 Å². The van der Waals surface area contributed by atoms with Crippen molar-refractivity contribution in [3.05, 3.63) is 24.3 Å². The fourth-order valence-corrected chi connectivity index (χ4v) is 3.56. The summed E-state index contributed by atoms with van der Waals surface area (Å²) in [6, 6.07) is 7.61.